The van der Waals surface area contributed by atoms with Gasteiger partial charge in [0.1, 0.15) is 0 Å². The monoisotopic (exact) mass is 207 g/mol. The van der Waals surface area contributed by atoms with Crippen molar-refractivity contribution < 1.29 is 8.42 Å². The molecule has 0 aliphatic carbocycles. The van der Waals surface area contributed by atoms with Crippen LogP contribution in [0.2, 0.25) is 0 Å². The Morgan fingerprint density at radius 2 is 1.77 bits per heavy atom. The summed E-state index contributed by atoms with van der Waals surface area (Å²) in [5, 5.41) is 0. The Morgan fingerprint density at radius 3 is 2.15 bits per heavy atom. The lowest BCUT2D eigenvalue weighted by molar-refractivity contribution is 0.220. The number of nitrogens with two attached hydrogens (primary N) is 1. The molecule has 1 rings (SSSR count). The number of nitrogens with zero attached hydrogens (tertiary/aromatic N) is 1. The molecule has 0 bridgehead atoms. The smallest absolute Gasteiger partial charge is 0.257 e. The van der Waals surface area contributed by atoms with Crippen molar-refractivity contribution in [2.24, 2.45) is 17.7 Å². The Balaban J connectivity index is 2.71. The number of piperidine rings is 1. The summed E-state index contributed by atoms with van der Waals surface area (Å²) in [7, 11) is -3.43. The molecule has 0 radical (unpaired) electrons. The Labute approximate surface area is 79.4 Å². The summed E-state index contributed by atoms with van der Waals surface area (Å²) in [5.74, 6) is 5.77. The molecule has 1 aliphatic rings. The first kappa shape index (κ1) is 10.9. The van der Waals surface area contributed by atoms with Crippen LogP contribution in [0.15, 0.2) is 0 Å². The quantitative estimate of drug-likeness (QED) is 0.481. The van der Waals surface area contributed by atoms with Gasteiger partial charge in [0.2, 0.25) is 0 Å². The molecule has 5 nitrogen and oxygen atoms in total. The first-order valence-corrected chi connectivity index (χ1v) is 5.87. The van der Waals surface area contributed by atoms with Crippen LogP contribution in [-0.2, 0) is 10.2 Å². The zero-order valence-electron chi connectivity index (χ0n) is 8.03. The number of hydrogen-bond donors (Lipinski definition) is 2. The van der Waals surface area contributed by atoms with Crippen LogP contribution in [0.4, 0.5) is 0 Å². The number of hydrogen-bond acceptors (Lipinski definition) is 3. The lowest BCUT2D eigenvalue weighted by Gasteiger charge is -2.33. The van der Waals surface area contributed by atoms with Gasteiger partial charge in [-0.2, -0.15) is 12.7 Å². The number of nitrogens with one attached hydrogen (secondary N) is 1. The molecule has 0 amide bonds. The van der Waals surface area contributed by atoms with E-state index in [1.54, 1.807) is 0 Å². The summed E-state index contributed by atoms with van der Waals surface area (Å²) < 4.78 is 24.1. The molecule has 6 heteroatoms. The van der Waals surface area contributed by atoms with E-state index in [1.165, 1.54) is 4.31 Å². The second-order valence-electron chi connectivity index (χ2n) is 3.89. The van der Waals surface area contributed by atoms with Crippen LogP contribution in [0.5, 0.6) is 0 Å². The molecule has 3 N–H and O–H groups in total. The summed E-state index contributed by atoms with van der Waals surface area (Å²) in [6.07, 6.45) is 1.08. The average molecular weight is 207 g/mol. The largest absolute Gasteiger partial charge is 0.292 e. The molecule has 13 heavy (non-hydrogen) atoms. The first-order chi connectivity index (χ1) is 5.95. The fraction of sp³-hybridized carbons (Fsp3) is 1.00. The molecular formula is C7H17N3O2S. The van der Waals surface area contributed by atoms with Crippen molar-refractivity contribution in [3.8, 4) is 0 Å². The third-order valence-corrected chi connectivity index (χ3v) is 3.60. The van der Waals surface area contributed by atoms with Gasteiger partial charge in [-0.1, -0.05) is 13.8 Å². The van der Waals surface area contributed by atoms with Gasteiger partial charge in [-0.3, -0.25) is 5.84 Å². The molecule has 1 fully saturated rings. The molecule has 0 spiro atoms. The topological polar surface area (TPSA) is 75.4 Å². The van der Waals surface area contributed by atoms with Crippen LogP contribution in [0.1, 0.15) is 20.3 Å². The third-order valence-electron chi connectivity index (χ3n) is 2.32. The fourth-order valence-electron chi connectivity index (χ4n) is 1.88. The fourth-order valence-corrected chi connectivity index (χ4v) is 2.93. The van der Waals surface area contributed by atoms with Gasteiger partial charge in [-0.25, -0.2) is 0 Å². The van der Waals surface area contributed by atoms with E-state index >= 15 is 0 Å². The molecule has 0 aromatic carbocycles. The minimum atomic E-state index is -3.43. The van der Waals surface area contributed by atoms with Gasteiger partial charge in [0.05, 0.1) is 0 Å². The van der Waals surface area contributed by atoms with E-state index in [-0.39, 0.29) is 0 Å². The highest BCUT2D eigenvalue weighted by atomic mass is 32.2. The Hall–Kier alpha value is -0.170. The summed E-state index contributed by atoms with van der Waals surface area (Å²) in [6, 6.07) is 0. The van der Waals surface area contributed by atoms with Crippen molar-refractivity contribution in [3.63, 3.8) is 0 Å². The predicted molar refractivity (Wildman–Crippen MR) is 50.8 cm³/mol. The molecule has 0 aromatic heterocycles. The molecule has 78 valence electrons. The highest BCUT2D eigenvalue weighted by Crippen LogP contribution is 2.22. The van der Waals surface area contributed by atoms with Crippen LogP contribution in [-0.4, -0.2) is 25.8 Å². The maximum Gasteiger partial charge on any atom is 0.292 e. The van der Waals surface area contributed by atoms with Crippen LogP contribution in [0.25, 0.3) is 0 Å². The maximum absolute atomic E-state index is 11.3. The second-order valence-corrected chi connectivity index (χ2v) is 5.59. The predicted octanol–water partition coefficient (Wildman–Crippen LogP) is -0.328. The van der Waals surface area contributed by atoms with Crippen molar-refractivity contribution in [1.29, 1.82) is 0 Å². The summed E-state index contributed by atoms with van der Waals surface area (Å²) in [5.41, 5.74) is 0. The maximum atomic E-state index is 11.3. The number of rotatable bonds is 2. The third kappa shape index (κ3) is 2.63. The Kier molecular flexibility index (Phi) is 3.28. The van der Waals surface area contributed by atoms with Crippen molar-refractivity contribution in [2.45, 2.75) is 20.3 Å². The van der Waals surface area contributed by atoms with Crippen molar-refractivity contribution in [2.75, 3.05) is 13.1 Å². The van der Waals surface area contributed by atoms with E-state index in [0.29, 0.717) is 24.9 Å². The number of hydrazine groups is 1. The van der Waals surface area contributed by atoms with Crippen molar-refractivity contribution >= 4 is 10.2 Å². The molecule has 1 saturated heterocycles. The van der Waals surface area contributed by atoms with E-state index < -0.39 is 10.2 Å². The molecule has 1 aliphatic heterocycles. The molecule has 0 saturated carbocycles. The molecule has 2 atom stereocenters. The minimum absolute atomic E-state index is 0.409. The summed E-state index contributed by atoms with van der Waals surface area (Å²) >= 11 is 0. The molecule has 0 aromatic rings. The van der Waals surface area contributed by atoms with E-state index in [2.05, 4.69) is 13.8 Å². The van der Waals surface area contributed by atoms with Crippen LogP contribution < -0.4 is 10.7 Å². The van der Waals surface area contributed by atoms with E-state index in [1.807, 2.05) is 4.83 Å². The summed E-state index contributed by atoms with van der Waals surface area (Å²) in [6.45, 7) is 5.23. The second kappa shape index (κ2) is 3.91. The van der Waals surface area contributed by atoms with Gasteiger partial charge >= 0.3 is 0 Å². The minimum Gasteiger partial charge on any atom is -0.257 e. The zero-order chi connectivity index (χ0) is 10.1. The lowest BCUT2D eigenvalue weighted by Crippen LogP contribution is -2.49. The van der Waals surface area contributed by atoms with E-state index in [4.69, 9.17) is 5.84 Å². The van der Waals surface area contributed by atoms with Crippen LogP contribution >= 0.6 is 0 Å². The average Bonchev–Trinajstić information content (AvgIpc) is 2.02. The summed E-state index contributed by atoms with van der Waals surface area (Å²) in [4.78, 5) is 1.85. The lowest BCUT2D eigenvalue weighted by atomic mass is 9.94. The van der Waals surface area contributed by atoms with Crippen molar-refractivity contribution in [3.05, 3.63) is 0 Å². The SMILES string of the molecule is CC1CC(C)CN(S(=O)(=O)NN)C1. The van der Waals surface area contributed by atoms with Gasteiger partial charge in [0.15, 0.2) is 0 Å². The van der Waals surface area contributed by atoms with Gasteiger partial charge < -0.3 is 0 Å². The highest BCUT2D eigenvalue weighted by Gasteiger charge is 2.29. The Morgan fingerprint density at radius 1 is 1.31 bits per heavy atom. The van der Waals surface area contributed by atoms with Crippen LogP contribution in [0, 0.1) is 11.8 Å². The van der Waals surface area contributed by atoms with Gasteiger partial charge in [-0.15, -0.1) is 4.83 Å². The molecular weight excluding hydrogens is 190 g/mol. The van der Waals surface area contributed by atoms with E-state index in [0.717, 1.165) is 6.42 Å². The van der Waals surface area contributed by atoms with Gasteiger partial charge in [0.25, 0.3) is 10.2 Å². The normalized spacial score (nSPS) is 31.9. The first-order valence-electron chi connectivity index (χ1n) is 4.43. The van der Waals surface area contributed by atoms with E-state index in [9.17, 15) is 8.42 Å². The highest BCUT2D eigenvalue weighted by molar-refractivity contribution is 7.87. The molecule has 2 unspecified atom stereocenters. The van der Waals surface area contributed by atoms with Gasteiger partial charge in [0, 0.05) is 13.1 Å². The Bertz CT molecular complexity index is 255. The standard InChI is InChI=1S/C7H17N3O2S/c1-6-3-7(2)5-10(4-6)13(11,12)9-8/h6-7,9H,3-5,8H2,1-2H3. The zero-order valence-corrected chi connectivity index (χ0v) is 8.84. The molecule has 1 heterocycles. The van der Waals surface area contributed by atoms with Crippen LogP contribution in [0.3, 0.4) is 0 Å². The van der Waals surface area contributed by atoms with Gasteiger partial charge in [-0.05, 0) is 18.3 Å². The van der Waals surface area contributed by atoms with Crippen molar-refractivity contribution in [1.82, 2.24) is 9.14 Å².